The Kier molecular flexibility index (Phi) is 31.4. The first-order valence-corrected chi connectivity index (χ1v) is 2.24. The van der Waals surface area contributed by atoms with Crippen LogP contribution in [0.2, 0.25) is 0 Å². The molecule has 0 amide bonds. The van der Waals surface area contributed by atoms with Crippen LogP contribution < -0.4 is 98.9 Å². The Morgan fingerprint density at radius 2 is 1.00 bits per heavy atom. The van der Waals surface area contributed by atoms with Crippen molar-refractivity contribution in [3.8, 4) is 0 Å². The monoisotopic (exact) mass is 234 g/mol. The zero-order valence-electron chi connectivity index (χ0n) is 8.13. The van der Waals surface area contributed by atoms with Gasteiger partial charge < -0.3 is 35.5 Å². The third kappa shape index (κ3) is 11.9. The molecule has 0 fully saturated rings. The second kappa shape index (κ2) is 14.8. The number of hydrogen-bond acceptors (Lipinski definition) is 7. The summed E-state index contributed by atoms with van der Waals surface area (Å²) in [7, 11) is 0. The Hall–Kier alpha value is 1.82. The fourth-order valence-corrected chi connectivity index (χ4v) is 0.258. The molecule has 0 aliphatic heterocycles. The molecule has 7 nitrogen and oxygen atoms in total. The summed E-state index contributed by atoms with van der Waals surface area (Å²) in [5.74, 6) is -4.12. The first-order valence-electron chi connectivity index (χ1n) is 2.24. The van der Waals surface area contributed by atoms with E-state index in [4.69, 9.17) is 10.2 Å². The van der Waals surface area contributed by atoms with Gasteiger partial charge in [-0.3, -0.25) is 0 Å². The number of aliphatic carboxylic acids is 2. The van der Waals surface area contributed by atoms with E-state index in [0.29, 0.717) is 0 Å². The van der Waals surface area contributed by atoms with Crippen LogP contribution in [0.15, 0.2) is 0 Å². The molecule has 0 radical (unpaired) electrons. The van der Waals surface area contributed by atoms with Gasteiger partial charge in [-0.25, -0.2) is 0 Å². The fourth-order valence-electron chi connectivity index (χ4n) is 0.258. The molecule has 66 valence electrons. The van der Waals surface area contributed by atoms with Gasteiger partial charge >= 0.3 is 88.7 Å². The second-order valence-corrected chi connectivity index (χ2v) is 1.53. The standard InChI is InChI=1S/C4H6O6.3Na.H2O/c5-1(3(7)8)2(6)4(9)10;;;;/h1-2,5-6H,(H,7,8)(H,9,10);;;;1H2/q;3*+1;/p-3. The second-order valence-electron chi connectivity index (χ2n) is 1.53. The van der Waals surface area contributed by atoms with Crippen LogP contribution in [0.3, 0.4) is 0 Å². The van der Waals surface area contributed by atoms with Gasteiger partial charge in [0.1, 0.15) is 12.2 Å². The number of aliphatic hydroxyl groups excluding tert-OH is 2. The van der Waals surface area contributed by atoms with E-state index in [9.17, 15) is 19.8 Å². The zero-order valence-corrected chi connectivity index (χ0v) is 14.1. The van der Waals surface area contributed by atoms with Crippen molar-refractivity contribution in [2.45, 2.75) is 12.2 Å². The van der Waals surface area contributed by atoms with E-state index in [1.807, 2.05) is 0 Å². The van der Waals surface area contributed by atoms with Gasteiger partial charge in [-0.15, -0.1) is 0 Å². The van der Waals surface area contributed by atoms with E-state index in [1.165, 1.54) is 0 Å². The van der Waals surface area contributed by atoms with Crippen LogP contribution in [-0.2, 0) is 9.59 Å². The summed E-state index contributed by atoms with van der Waals surface area (Å²) in [5, 5.41) is 35.7. The van der Waals surface area contributed by atoms with Crippen molar-refractivity contribution < 1.29 is 124 Å². The largest absolute Gasteiger partial charge is 1.00 e. The molecule has 2 unspecified atom stereocenters. The Morgan fingerprint density at radius 3 is 1.07 bits per heavy atom. The van der Waals surface area contributed by atoms with E-state index in [1.54, 1.807) is 0 Å². The summed E-state index contributed by atoms with van der Waals surface area (Å²) in [6.45, 7) is 0. The summed E-state index contributed by atoms with van der Waals surface area (Å²) < 4.78 is 0. The van der Waals surface area contributed by atoms with Crippen molar-refractivity contribution in [2.24, 2.45) is 0 Å². The number of aliphatic hydroxyl groups is 2. The summed E-state index contributed by atoms with van der Waals surface area (Å²) in [6.07, 6.45) is -4.88. The van der Waals surface area contributed by atoms with Gasteiger partial charge in [0.05, 0.1) is 11.9 Å². The van der Waals surface area contributed by atoms with Crippen LogP contribution in [0.1, 0.15) is 0 Å². The first-order chi connectivity index (χ1) is 4.46. The maximum atomic E-state index is 9.63. The molecule has 0 saturated heterocycles. The average Bonchev–Trinajstić information content (AvgIpc) is 1.84. The van der Waals surface area contributed by atoms with Crippen LogP contribution >= 0.6 is 0 Å². The summed E-state index contributed by atoms with van der Waals surface area (Å²) >= 11 is 0. The number of rotatable bonds is 3. The molecule has 0 aliphatic rings. The molecule has 0 aromatic rings. The normalized spacial score (nSPS) is 11.3. The predicted octanol–water partition coefficient (Wildman–Crippen LogP) is -14.0. The van der Waals surface area contributed by atoms with Crippen molar-refractivity contribution in [1.29, 1.82) is 0 Å². The molecular formula is C4H5Na3O7. The number of carboxylic acids is 2. The van der Waals surface area contributed by atoms with Crippen molar-refractivity contribution in [2.75, 3.05) is 0 Å². The summed E-state index contributed by atoms with van der Waals surface area (Å²) in [4.78, 5) is 19.3. The van der Waals surface area contributed by atoms with E-state index in [-0.39, 0.29) is 94.1 Å². The third-order valence-corrected chi connectivity index (χ3v) is 0.782. The van der Waals surface area contributed by atoms with Gasteiger partial charge in [0.25, 0.3) is 0 Å². The minimum absolute atomic E-state index is 0. The van der Waals surface area contributed by atoms with Gasteiger partial charge in [-0.2, -0.15) is 0 Å². The van der Waals surface area contributed by atoms with E-state index < -0.39 is 24.1 Å². The SMILES string of the molecule is O=C([O-])C(O)C(O)C(=O)[O-].[Na+].[Na+].[Na+].[OH-]. The Bertz CT molecular complexity index is 145. The summed E-state index contributed by atoms with van der Waals surface area (Å²) in [5.41, 5.74) is 0. The van der Waals surface area contributed by atoms with E-state index >= 15 is 0 Å². The molecule has 2 atom stereocenters. The van der Waals surface area contributed by atoms with Gasteiger partial charge in [0.2, 0.25) is 0 Å². The smallest absolute Gasteiger partial charge is 0.870 e. The van der Waals surface area contributed by atoms with E-state index in [2.05, 4.69) is 0 Å². The van der Waals surface area contributed by atoms with Crippen molar-refractivity contribution >= 4 is 11.9 Å². The molecule has 0 saturated carbocycles. The van der Waals surface area contributed by atoms with Crippen LogP contribution in [0, 0.1) is 0 Å². The number of carbonyl (C=O) groups is 2. The molecule has 14 heavy (non-hydrogen) atoms. The van der Waals surface area contributed by atoms with Crippen molar-refractivity contribution in [1.82, 2.24) is 0 Å². The Balaban J connectivity index is -0.0000000675. The predicted molar refractivity (Wildman–Crippen MR) is 24.0 cm³/mol. The van der Waals surface area contributed by atoms with E-state index in [0.717, 1.165) is 0 Å². The maximum absolute atomic E-state index is 9.63. The van der Waals surface area contributed by atoms with Crippen LogP contribution in [0.25, 0.3) is 0 Å². The average molecular weight is 234 g/mol. The number of carboxylic acid groups (broad SMARTS) is 2. The third-order valence-electron chi connectivity index (χ3n) is 0.782. The minimum Gasteiger partial charge on any atom is -0.870 e. The van der Waals surface area contributed by atoms with Crippen LogP contribution in [-0.4, -0.2) is 39.8 Å². The van der Waals surface area contributed by atoms with Crippen LogP contribution in [0.5, 0.6) is 0 Å². The molecule has 0 aromatic carbocycles. The fraction of sp³-hybridized carbons (Fsp3) is 0.500. The topological polar surface area (TPSA) is 151 Å². The van der Waals surface area contributed by atoms with Gasteiger partial charge in [0.15, 0.2) is 0 Å². The van der Waals surface area contributed by atoms with Gasteiger partial charge in [-0.05, 0) is 0 Å². The molecule has 0 aromatic heterocycles. The van der Waals surface area contributed by atoms with Crippen molar-refractivity contribution in [3.05, 3.63) is 0 Å². The van der Waals surface area contributed by atoms with Gasteiger partial charge in [-0.1, -0.05) is 0 Å². The molecule has 0 aliphatic carbocycles. The molecule has 0 rings (SSSR count). The molecular weight excluding hydrogens is 229 g/mol. The quantitative estimate of drug-likeness (QED) is 0.460. The van der Waals surface area contributed by atoms with Crippen LogP contribution in [0.4, 0.5) is 0 Å². The van der Waals surface area contributed by atoms with Gasteiger partial charge in [0, 0.05) is 0 Å². The minimum atomic E-state index is -2.44. The number of carbonyl (C=O) groups excluding carboxylic acids is 2. The molecule has 3 N–H and O–H groups in total. The Morgan fingerprint density at radius 1 is 0.857 bits per heavy atom. The maximum Gasteiger partial charge on any atom is 1.00 e. The number of hydrogen-bond donors (Lipinski definition) is 2. The first kappa shape index (κ1) is 29.7. The summed E-state index contributed by atoms with van der Waals surface area (Å²) in [6, 6.07) is 0. The molecule has 10 heteroatoms. The zero-order chi connectivity index (χ0) is 8.31. The Labute approximate surface area is 146 Å². The van der Waals surface area contributed by atoms with Crippen molar-refractivity contribution in [3.63, 3.8) is 0 Å². The molecule has 0 bridgehead atoms. The molecule has 0 spiro atoms. The molecule has 0 heterocycles.